The van der Waals surface area contributed by atoms with Crippen molar-refractivity contribution in [2.75, 3.05) is 7.11 Å². The normalized spacial score (nSPS) is 20.8. The van der Waals surface area contributed by atoms with E-state index in [9.17, 15) is 0 Å². The first-order valence-corrected chi connectivity index (χ1v) is 8.63. The lowest BCUT2D eigenvalue weighted by Crippen LogP contribution is -2.33. The molecule has 1 aromatic heterocycles. The molecule has 0 spiro atoms. The van der Waals surface area contributed by atoms with Crippen LogP contribution >= 0.6 is 0 Å². The zero-order chi connectivity index (χ0) is 17.5. The third kappa shape index (κ3) is 2.28. The molecule has 0 amide bonds. The van der Waals surface area contributed by atoms with E-state index in [2.05, 4.69) is 6.07 Å². The molecule has 0 N–H and O–H groups in total. The molecule has 5 heteroatoms. The molecule has 26 heavy (non-hydrogen) atoms. The molecular weight excluding hydrogens is 328 g/mol. The highest BCUT2D eigenvalue weighted by atomic mass is 16.5. The Kier molecular flexibility index (Phi) is 3.45. The predicted octanol–water partition coefficient (Wildman–Crippen LogP) is 4.53. The standard InChI is InChI=1S/C21H18N2O3/c1-24-18-9-4-3-8-15(18)21-23-17(14-7-2-5-10-19(14)26-21)13-16(22-23)20-11-6-12-25-20/h2-12,17,21H,13H2,1H3/t17-,21+/m1/s1. The number of methoxy groups -OCH3 is 1. The van der Waals surface area contributed by atoms with E-state index in [1.165, 1.54) is 0 Å². The van der Waals surface area contributed by atoms with Gasteiger partial charge in [-0.3, -0.25) is 0 Å². The van der Waals surface area contributed by atoms with Crippen molar-refractivity contribution >= 4 is 5.71 Å². The first kappa shape index (κ1) is 15.1. The van der Waals surface area contributed by atoms with E-state index in [-0.39, 0.29) is 12.3 Å². The minimum atomic E-state index is -0.349. The Balaban J connectivity index is 1.63. The summed E-state index contributed by atoms with van der Waals surface area (Å²) in [5, 5.41) is 6.89. The molecular formula is C21H18N2O3. The minimum absolute atomic E-state index is 0.106. The molecule has 3 heterocycles. The van der Waals surface area contributed by atoms with E-state index in [1.807, 2.05) is 59.6 Å². The molecule has 2 aliphatic heterocycles. The van der Waals surface area contributed by atoms with Crippen LogP contribution in [0.5, 0.6) is 11.5 Å². The summed E-state index contributed by atoms with van der Waals surface area (Å²) in [5.41, 5.74) is 3.03. The maximum Gasteiger partial charge on any atom is 0.217 e. The number of fused-ring (bicyclic) bond motifs is 3. The summed E-state index contributed by atoms with van der Waals surface area (Å²) in [6.07, 6.45) is 2.11. The molecule has 0 saturated carbocycles. The first-order chi connectivity index (χ1) is 12.8. The van der Waals surface area contributed by atoms with Gasteiger partial charge >= 0.3 is 0 Å². The quantitative estimate of drug-likeness (QED) is 0.699. The van der Waals surface area contributed by atoms with Crippen LogP contribution in [0.15, 0.2) is 76.4 Å². The maximum absolute atomic E-state index is 6.35. The summed E-state index contributed by atoms with van der Waals surface area (Å²) in [5.74, 6) is 2.48. The van der Waals surface area contributed by atoms with Crippen LogP contribution in [0.25, 0.3) is 0 Å². The maximum atomic E-state index is 6.35. The van der Waals surface area contributed by atoms with Gasteiger partial charge in [0.1, 0.15) is 23.0 Å². The lowest BCUT2D eigenvalue weighted by atomic mass is 9.97. The molecule has 0 radical (unpaired) electrons. The van der Waals surface area contributed by atoms with Crippen molar-refractivity contribution in [2.45, 2.75) is 18.7 Å². The van der Waals surface area contributed by atoms with Crippen LogP contribution in [0.2, 0.25) is 0 Å². The number of hydrazone groups is 1. The van der Waals surface area contributed by atoms with Crippen LogP contribution < -0.4 is 9.47 Å². The van der Waals surface area contributed by atoms with Gasteiger partial charge in [-0.05, 0) is 30.3 Å². The van der Waals surface area contributed by atoms with Crippen molar-refractivity contribution in [1.29, 1.82) is 0 Å². The van der Waals surface area contributed by atoms with Gasteiger partial charge in [-0.15, -0.1) is 0 Å². The Morgan fingerprint density at radius 3 is 2.62 bits per heavy atom. The molecule has 0 fully saturated rings. The van der Waals surface area contributed by atoms with E-state index < -0.39 is 0 Å². The zero-order valence-corrected chi connectivity index (χ0v) is 14.3. The monoisotopic (exact) mass is 346 g/mol. The third-order valence-electron chi connectivity index (χ3n) is 4.91. The number of ether oxygens (including phenoxy) is 2. The first-order valence-electron chi connectivity index (χ1n) is 8.63. The topological polar surface area (TPSA) is 47.2 Å². The zero-order valence-electron chi connectivity index (χ0n) is 14.3. The fourth-order valence-corrected chi connectivity index (χ4v) is 3.70. The Hall–Kier alpha value is -3.21. The van der Waals surface area contributed by atoms with Crippen LogP contribution in [-0.2, 0) is 0 Å². The molecule has 130 valence electrons. The molecule has 2 aromatic carbocycles. The lowest BCUT2D eigenvalue weighted by molar-refractivity contribution is -0.0203. The number of nitrogens with zero attached hydrogens (tertiary/aromatic N) is 2. The molecule has 0 saturated heterocycles. The average molecular weight is 346 g/mol. The second kappa shape index (κ2) is 5.95. The summed E-state index contributed by atoms with van der Waals surface area (Å²) in [4.78, 5) is 0. The third-order valence-corrected chi connectivity index (χ3v) is 4.91. The Morgan fingerprint density at radius 1 is 1.00 bits per heavy atom. The highest BCUT2D eigenvalue weighted by molar-refractivity contribution is 5.99. The summed E-state index contributed by atoms with van der Waals surface area (Å²) in [7, 11) is 1.68. The van der Waals surface area contributed by atoms with E-state index >= 15 is 0 Å². The fraction of sp³-hybridized carbons (Fsp3) is 0.190. The van der Waals surface area contributed by atoms with Crippen LogP contribution in [-0.4, -0.2) is 17.8 Å². The molecule has 5 nitrogen and oxygen atoms in total. The second-order valence-corrected chi connectivity index (χ2v) is 6.37. The van der Waals surface area contributed by atoms with Gasteiger partial charge in [0.15, 0.2) is 0 Å². The van der Waals surface area contributed by atoms with Gasteiger partial charge in [-0.2, -0.15) is 5.10 Å². The van der Waals surface area contributed by atoms with Crippen molar-refractivity contribution in [3.8, 4) is 11.5 Å². The predicted molar refractivity (Wildman–Crippen MR) is 97.2 cm³/mol. The Bertz CT molecular complexity index is 965. The van der Waals surface area contributed by atoms with Crippen molar-refractivity contribution in [3.63, 3.8) is 0 Å². The summed E-state index contributed by atoms with van der Waals surface area (Å²) >= 11 is 0. The summed E-state index contributed by atoms with van der Waals surface area (Å²) in [6, 6.07) is 20.0. The molecule has 0 unspecified atom stereocenters. The van der Waals surface area contributed by atoms with Gasteiger partial charge in [-0.25, -0.2) is 5.01 Å². The van der Waals surface area contributed by atoms with E-state index in [0.717, 1.165) is 40.5 Å². The van der Waals surface area contributed by atoms with Crippen LogP contribution in [0.3, 0.4) is 0 Å². The number of para-hydroxylation sites is 2. The molecule has 0 bridgehead atoms. The SMILES string of the molecule is COc1ccccc1[C@@H]1Oc2ccccc2[C@H]2CC(c3ccco3)=NN21. The minimum Gasteiger partial charge on any atom is -0.496 e. The lowest BCUT2D eigenvalue weighted by Gasteiger charge is -2.38. The van der Waals surface area contributed by atoms with Gasteiger partial charge in [0.05, 0.1) is 25.0 Å². The number of furan rings is 1. The molecule has 2 atom stereocenters. The van der Waals surface area contributed by atoms with Crippen molar-refractivity contribution < 1.29 is 13.9 Å². The fourth-order valence-electron chi connectivity index (χ4n) is 3.70. The van der Waals surface area contributed by atoms with E-state index in [4.69, 9.17) is 19.0 Å². The van der Waals surface area contributed by atoms with Gasteiger partial charge < -0.3 is 13.9 Å². The summed E-state index contributed by atoms with van der Waals surface area (Å²) in [6.45, 7) is 0. The molecule has 0 aliphatic carbocycles. The van der Waals surface area contributed by atoms with E-state index in [0.29, 0.717) is 0 Å². The second-order valence-electron chi connectivity index (χ2n) is 6.37. The average Bonchev–Trinajstić information content (AvgIpc) is 3.37. The van der Waals surface area contributed by atoms with Crippen LogP contribution in [0, 0.1) is 0 Å². The molecule has 2 aliphatic rings. The van der Waals surface area contributed by atoms with Gasteiger partial charge in [0.2, 0.25) is 6.23 Å². The van der Waals surface area contributed by atoms with Crippen molar-refractivity contribution in [3.05, 3.63) is 83.8 Å². The highest BCUT2D eigenvalue weighted by Crippen LogP contribution is 2.48. The number of benzene rings is 2. The Morgan fingerprint density at radius 2 is 1.81 bits per heavy atom. The number of hydrogen-bond donors (Lipinski definition) is 0. The smallest absolute Gasteiger partial charge is 0.217 e. The Labute approximate surface area is 151 Å². The highest BCUT2D eigenvalue weighted by Gasteiger charge is 2.42. The number of rotatable bonds is 3. The van der Waals surface area contributed by atoms with Crippen molar-refractivity contribution in [2.24, 2.45) is 5.10 Å². The van der Waals surface area contributed by atoms with Crippen LogP contribution in [0.1, 0.15) is 35.6 Å². The van der Waals surface area contributed by atoms with Gasteiger partial charge in [0.25, 0.3) is 0 Å². The van der Waals surface area contributed by atoms with Crippen molar-refractivity contribution in [1.82, 2.24) is 5.01 Å². The molecule has 3 aromatic rings. The van der Waals surface area contributed by atoms with Crippen LogP contribution in [0.4, 0.5) is 0 Å². The van der Waals surface area contributed by atoms with E-state index in [1.54, 1.807) is 13.4 Å². The largest absolute Gasteiger partial charge is 0.496 e. The van der Waals surface area contributed by atoms with Gasteiger partial charge in [0, 0.05) is 12.0 Å². The van der Waals surface area contributed by atoms with Gasteiger partial charge in [-0.1, -0.05) is 30.3 Å². The molecule has 5 rings (SSSR count). The summed E-state index contributed by atoms with van der Waals surface area (Å²) < 4.78 is 17.5. The number of hydrogen-bond acceptors (Lipinski definition) is 5.